The summed E-state index contributed by atoms with van der Waals surface area (Å²) < 4.78 is 6.52. The van der Waals surface area contributed by atoms with Crippen LogP contribution in [0.1, 0.15) is 19.4 Å². The van der Waals surface area contributed by atoms with Gasteiger partial charge in [-0.25, -0.2) is 0 Å². The minimum absolute atomic E-state index is 0.0642. The van der Waals surface area contributed by atoms with Gasteiger partial charge in [-0.15, -0.1) is 0 Å². The summed E-state index contributed by atoms with van der Waals surface area (Å²) in [4.78, 5) is 11.8. The van der Waals surface area contributed by atoms with Gasteiger partial charge in [0.1, 0.15) is 12.4 Å². The largest absolute Gasteiger partial charge is 0.488 e. The van der Waals surface area contributed by atoms with Crippen molar-refractivity contribution in [3.05, 3.63) is 33.8 Å². The molecule has 90 valence electrons. The summed E-state index contributed by atoms with van der Waals surface area (Å²) in [5, 5.41) is 2.86. The Morgan fingerprint density at radius 3 is 2.94 bits per heavy atom. The van der Waals surface area contributed by atoms with Crippen LogP contribution in [0.25, 0.3) is 6.08 Å². The van der Waals surface area contributed by atoms with Gasteiger partial charge in [0.05, 0.1) is 5.57 Å². The summed E-state index contributed by atoms with van der Waals surface area (Å²) in [7, 11) is 0. The zero-order valence-electron chi connectivity index (χ0n) is 9.79. The summed E-state index contributed by atoms with van der Waals surface area (Å²) in [5.41, 5.74) is 1.59. The molecule has 0 fully saturated rings. The molecule has 0 bridgehead atoms. The maximum atomic E-state index is 11.8. The van der Waals surface area contributed by atoms with Crippen LogP contribution in [0.3, 0.4) is 0 Å². The van der Waals surface area contributed by atoms with Crippen molar-refractivity contribution in [1.29, 1.82) is 0 Å². The molecule has 0 atom stereocenters. The van der Waals surface area contributed by atoms with Gasteiger partial charge in [-0.2, -0.15) is 0 Å². The topological polar surface area (TPSA) is 38.3 Å². The van der Waals surface area contributed by atoms with Crippen molar-refractivity contribution in [3.8, 4) is 5.75 Å². The highest BCUT2D eigenvalue weighted by Gasteiger charge is 2.17. The molecule has 1 aliphatic rings. The molecule has 1 heterocycles. The number of rotatable bonds is 2. The van der Waals surface area contributed by atoms with E-state index in [1.807, 2.05) is 38.1 Å². The number of nitrogens with one attached hydrogen (secondary N) is 1. The molecule has 1 amide bonds. The smallest absolute Gasteiger partial charge is 0.250 e. The van der Waals surface area contributed by atoms with Gasteiger partial charge in [-0.05, 0) is 38.1 Å². The molecule has 1 aromatic carbocycles. The van der Waals surface area contributed by atoms with Crippen molar-refractivity contribution in [2.75, 3.05) is 6.61 Å². The number of fused-ring (bicyclic) bond motifs is 1. The summed E-state index contributed by atoms with van der Waals surface area (Å²) >= 11 is 3.40. The minimum Gasteiger partial charge on any atom is -0.488 e. The Balaban J connectivity index is 2.25. The van der Waals surface area contributed by atoms with Crippen LogP contribution in [0.2, 0.25) is 0 Å². The standard InChI is InChI=1S/C13H14BrNO2/c1-8(2)15-13(16)10-5-9-6-11(14)3-4-12(9)17-7-10/h3-6,8H,7H2,1-2H3,(H,15,16). The van der Waals surface area contributed by atoms with Crippen LogP contribution in [0, 0.1) is 0 Å². The number of amides is 1. The Hall–Kier alpha value is -1.29. The van der Waals surface area contributed by atoms with Gasteiger partial charge in [0.25, 0.3) is 5.91 Å². The van der Waals surface area contributed by atoms with Gasteiger partial charge in [-0.3, -0.25) is 4.79 Å². The number of benzene rings is 1. The number of ether oxygens (including phenoxy) is 1. The molecule has 2 rings (SSSR count). The van der Waals surface area contributed by atoms with Crippen LogP contribution in [0.15, 0.2) is 28.2 Å². The lowest BCUT2D eigenvalue weighted by atomic mass is 10.1. The van der Waals surface area contributed by atoms with E-state index in [9.17, 15) is 4.79 Å². The quantitative estimate of drug-likeness (QED) is 0.911. The van der Waals surface area contributed by atoms with Crippen molar-refractivity contribution in [1.82, 2.24) is 5.32 Å². The van der Waals surface area contributed by atoms with Crippen molar-refractivity contribution in [3.63, 3.8) is 0 Å². The van der Waals surface area contributed by atoms with E-state index in [1.165, 1.54) is 0 Å². The normalized spacial score (nSPS) is 13.8. The molecular weight excluding hydrogens is 282 g/mol. The molecule has 17 heavy (non-hydrogen) atoms. The van der Waals surface area contributed by atoms with Gasteiger partial charge in [0.15, 0.2) is 0 Å². The number of hydrogen-bond acceptors (Lipinski definition) is 2. The lowest BCUT2D eigenvalue weighted by molar-refractivity contribution is -0.118. The van der Waals surface area contributed by atoms with Crippen molar-refractivity contribution >= 4 is 27.9 Å². The third kappa shape index (κ3) is 2.88. The predicted molar refractivity (Wildman–Crippen MR) is 70.9 cm³/mol. The number of halogens is 1. The Morgan fingerprint density at radius 2 is 2.24 bits per heavy atom. The van der Waals surface area contributed by atoms with Gasteiger partial charge >= 0.3 is 0 Å². The molecule has 0 aromatic heterocycles. The second-order valence-corrected chi connectivity index (χ2v) is 5.18. The van der Waals surface area contributed by atoms with E-state index in [1.54, 1.807) is 0 Å². The molecule has 0 radical (unpaired) electrons. The zero-order chi connectivity index (χ0) is 12.4. The molecule has 4 heteroatoms. The Morgan fingerprint density at radius 1 is 1.47 bits per heavy atom. The predicted octanol–water partition coefficient (Wildman–Crippen LogP) is 2.75. The molecular formula is C13H14BrNO2. The summed E-state index contributed by atoms with van der Waals surface area (Å²) in [6.07, 6.45) is 1.88. The van der Waals surface area contributed by atoms with Crippen LogP contribution >= 0.6 is 15.9 Å². The molecule has 3 nitrogen and oxygen atoms in total. The fourth-order valence-corrected chi connectivity index (χ4v) is 2.01. The van der Waals surface area contributed by atoms with E-state index in [2.05, 4.69) is 21.2 Å². The van der Waals surface area contributed by atoms with Crippen LogP contribution < -0.4 is 10.1 Å². The maximum absolute atomic E-state index is 11.8. The van der Waals surface area contributed by atoms with E-state index >= 15 is 0 Å². The maximum Gasteiger partial charge on any atom is 0.250 e. The zero-order valence-corrected chi connectivity index (χ0v) is 11.4. The second-order valence-electron chi connectivity index (χ2n) is 4.27. The second kappa shape index (κ2) is 4.92. The molecule has 0 saturated carbocycles. The van der Waals surface area contributed by atoms with Gasteiger partial charge in [0.2, 0.25) is 0 Å². The fraction of sp³-hybridized carbons (Fsp3) is 0.308. The van der Waals surface area contributed by atoms with Crippen molar-refractivity contribution in [2.45, 2.75) is 19.9 Å². The Bertz CT molecular complexity index is 480. The molecule has 1 N–H and O–H groups in total. The first-order valence-corrected chi connectivity index (χ1v) is 6.29. The highest BCUT2D eigenvalue weighted by molar-refractivity contribution is 9.10. The summed E-state index contributed by atoms with van der Waals surface area (Å²) in [5.74, 6) is 0.750. The first-order chi connectivity index (χ1) is 8.06. The minimum atomic E-state index is -0.0642. The monoisotopic (exact) mass is 295 g/mol. The molecule has 0 saturated heterocycles. The van der Waals surface area contributed by atoms with Crippen LogP contribution in [0.4, 0.5) is 0 Å². The van der Waals surface area contributed by atoms with Crippen LogP contribution in [-0.2, 0) is 4.79 Å². The number of carbonyl (C=O) groups excluding carboxylic acids is 1. The highest BCUT2D eigenvalue weighted by atomic mass is 79.9. The van der Waals surface area contributed by atoms with E-state index in [4.69, 9.17) is 4.74 Å². The molecule has 1 aromatic rings. The van der Waals surface area contributed by atoms with Crippen LogP contribution in [-0.4, -0.2) is 18.6 Å². The summed E-state index contributed by atoms with van der Waals surface area (Å²) in [6.45, 7) is 4.20. The number of carbonyl (C=O) groups is 1. The lowest BCUT2D eigenvalue weighted by Crippen LogP contribution is -2.33. The average Bonchev–Trinajstić information content (AvgIpc) is 2.27. The molecule has 0 spiro atoms. The Labute approximate surface area is 109 Å². The molecule has 0 unspecified atom stereocenters. The highest BCUT2D eigenvalue weighted by Crippen LogP contribution is 2.29. The first-order valence-electron chi connectivity index (χ1n) is 5.50. The molecule has 1 aliphatic heterocycles. The fourth-order valence-electron chi connectivity index (χ4n) is 1.63. The van der Waals surface area contributed by atoms with Gasteiger partial charge in [-0.1, -0.05) is 15.9 Å². The number of hydrogen-bond donors (Lipinski definition) is 1. The average molecular weight is 296 g/mol. The lowest BCUT2D eigenvalue weighted by Gasteiger charge is -2.18. The van der Waals surface area contributed by atoms with Gasteiger partial charge in [0, 0.05) is 16.1 Å². The van der Waals surface area contributed by atoms with E-state index in [0.29, 0.717) is 12.2 Å². The summed E-state index contributed by atoms with van der Waals surface area (Å²) in [6, 6.07) is 5.89. The Kier molecular flexibility index (Phi) is 3.52. The third-order valence-electron chi connectivity index (χ3n) is 2.40. The van der Waals surface area contributed by atoms with Gasteiger partial charge < -0.3 is 10.1 Å². The first kappa shape index (κ1) is 12.2. The van der Waals surface area contributed by atoms with E-state index in [0.717, 1.165) is 15.8 Å². The molecule has 0 aliphatic carbocycles. The van der Waals surface area contributed by atoms with Crippen LogP contribution in [0.5, 0.6) is 5.75 Å². The SMILES string of the molecule is CC(C)NC(=O)C1=Cc2cc(Br)ccc2OC1. The van der Waals surface area contributed by atoms with E-state index in [-0.39, 0.29) is 11.9 Å². The van der Waals surface area contributed by atoms with E-state index < -0.39 is 0 Å². The third-order valence-corrected chi connectivity index (χ3v) is 2.89. The van der Waals surface area contributed by atoms with Crippen molar-refractivity contribution < 1.29 is 9.53 Å². The van der Waals surface area contributed by atoms with Crippen molar-refractivity contribution in [2.24, 2.45) is 0 Å².